The molecule has 1 saturated carbocycles. The molecule has 1 aromatic rings. The second-order valence-electron chi connectivity index (χ2n) is 5.19. The number of nitrogens with zero attached hydrogens (tertiary/aromatic N) is 1. The largest absolute Gasteiger partial charge is 0.508 e. The molecular formula is C15H24N2O. The van der Waals surface area contributed by atoms with Gasteiger partial charge in [-0.05, 0) is 32.4 Å². The highest BCUT2D eigenvalue weighted by molar-refractivity contribution is 5.34. The summed E-state index contributed by atoms with van der Waals surface area (Å²) >= 11 is 0. The average molecular weight is 248 g/mol. The smallest absolute Gasteiger partial charge is 0.120 e. The lowest BCUT2D eigenvalue weighted by Crippen LogP contribution is -2.32. The lowest BCUT2D eigenvalue weighted by molar-refractivity contribution is 0.312. The van der Waals surface area contributed by atoms with Crippen LogP contribution in [0.4, 0.5) is 0 Å². The molecule has 1 aliphatic carbocycles. The molecule has 0 radical (unpaired) electrons. The predicted octanol–water partition coefficient (Wildman–Crippen LogP) is 2.53. The summed E-state index contributed by atoms with van der Waals surface area (Å²) in [5.41, 5.74) is 1.01. The third-order valence-electron chi connectivity index (χ3n) is 3.75. The van der Waals surface area contributed by atoms with Crippen molar-refractivity contribution in [2.75, 3.05) is 20.1 Å². The molecule has 0 spiro atoms. The van der Waals surface area contributed by atoms with E-state index in [4.69, 9.17) is 0 Å². The van der Waals surface area contributed by atoms with Gasteiger partial charge in [-0.2, -0.15) is 0 Å². The van der Waals surface area contributed by atoms with E-state index in [1.807, 2.05) is 18.2 Å². The standard InChI is InChI=1S/C15H24N2O/c1-3-14(13-6-4-5-7-15(13)18)16-10-11-17(2)12-8-9-12/h4-7,12,14,16,18H,3,8-11H2,1-2H3. The van der Waals surface area contributed by atoms with Crippen molar-refractivity contribution < 1.29 is 5.11 Å². The topological polar surface area (TPSA) is 35.5 Å². The highest BCUT2D eigenvalue weighted by Gasteiger charge is 2.25. The molecule has 1 fully saturated rings. The number of nitrogens with one attached hydrogen (secondary N) is 1. The van der Waals surface area contributed by atoms with Gasteiger partial charge in [0, 0.05) is 30.7 Å². The first-order chi connectivity index (χ1) is 8.72. The van der Waals surface area contributed by atoms with Crippen LogP contribution < -0.4 is 5.32 Å². The number of benzene rings is 1. The average Bonchev–Trinajstić information content (AvgIpc) is 3.20. The molecule has 2 N–H and O–H groups in total. The molecule has 0 aromatic heterocycles. The second kappa shape index (κ2) is 6.21. The van der Waals surface area contributed by atoms with E-state index in [1.54, 1.807) is 6.07 Å². The Morgan fingerprint density at radius 2 is 2.11 bits per heavy atom. The Morgan fingerprint density at radius 3 is 2.72 bits per heavy atom. The first kappa shape index (κ1) is 13.4. The van der Waals surface area contributed by atoms with E-state index in [1.165, 1.54) is 12.8 Å². The molecule has 0 amide bonds. The number of aromatic hydroxyl groups is 1. The molecular weight excluding hydrogens is 224 g/mol. The molecule has 1 unspecified atom stereocenters. The molecule has 0 heterocycles. The summed E-state index contributed by atoms with van der Waals surface area (Å²) in [4.78, 5) is 2.42. The minimum atomic E-state index is 0.249. The number of para-hydroxylation sites is 1. The number of phenols is 1. The van der Waals surface area contributed by atoms with Gasteiger partial charge in [0.05, 0.1) is 0 Å². The van der Waals surface area contributed by atoms with Gasteiger partial charge in [-0.15, -0.1) is 0 Å². The molecule has 2 rings (SSSR count). The van der Waals surface area contributed by atoms with Crippen LogP contribution in [-0.4, -0.2) is 36.2 Å². The van der Waals surface area contributed by atoms with Gasteiger partial charge in [0.2, 0.25) is 0 Å². The Labute approximate surface area is 110 Å². The Kier molecular flexibility index (Phi) is 4.61. The first-order valence-corrected chi connectivity index (χ1v) is 6.94. The van der Waals surface area contributed by atoms with Crippen LogP contribution in [0.2, 0.25) is 0 Å². The Hall–Kier alpha value is -1.06. The van der Waals surface area contributed by atoms with Gasteiger partial charge < -0.3 is 15.3 Å². The lowest BCUT2D eigenvalue weighted by atomic mass is 10.0. The van der Waals surface area contributed by atoms with Crippen molar-refractivity contribution in [3.05, 3.63) is 29.8 Å². The summed E-state index contributed by atoms with van der Waals surface area (Å²) in [7, 11) is 2.19. The highest BCUT2D eigenvalue weighted by atomic mass is 16.3. The van der Waals surface area contributed by atoms with Crippen molar-refractivity contribution in [3.8, 4) is 5.75 Å². The van der Waals surface area contributed by atoms with Crippen LogP contribution in [0.25, 0.3) is 0 Å². The second-order valence-corrected chi connectivity index (χ2v) is 5.19. The number of hydrogen-bond donors (Lipinski definition) is 2. The van der Waals surface area contributed by atoms with Crippen LogP contribution in [-0.2, 0) is 0 Å². The van der Waals surface area contributed by atoms with Gasteiger partial charge in [0.25, 0.3) is 0 Å². The van der Waals surface area contributed by atoms with Crippen molar-refractivity contribution in [2.45, 2.75) is 38.3 Å². The predicted molar refractivity (Wildman–Crippen MR) is 74.8 cm³/mol. The fraction of sp³-hybridized carbons (Fsp3) is 0.600. The van der Waals surface area contributed by atoms with Gasteiger partial charge in [0.15, 0.2) is 0 Å². The van der Waals surface area contributed by atoms with Gasteiger partial charge in [-0.25, -0.2) is 0 Å². The zero-order chi connectivity index (χ0) is 13.0. The Morgan fingerprint density at radius 1 is 1.39 bits per heavy atom. The first-order valence-electron chi connectivity index (χ1n) is 6.94. The molecule has 3 heteroatoms. The molecule has 100 valence electrons. The van der Waals surface area contributed by atoms with Crippen molar-refractivity contribution in [3.63, 3.8) is 0 Å². The van der Waals surface area contributed by atoms with Gasteiger partial charge in [-0.1, -0.05) is 25.1 Å². The molecule has 18 heavy (non-hydrogen) atoms. The van der Waals surface area contributed by atoms with Crippen molar-refractivity contribution in [2.24, 2.45) is 0 Å². The molecule has 1 aliphatic rings. The maximum absolute atomic E-state index is 9.87. The summed E-state index contributed by atoms with van der Waals surface area (Å²) in [6.07, 6.45) is 3.70. The van der Waals surface area contributed by atoms with E-state index in [0.29, 0.717) is 5.75 Å². The van der Waals surface area contributed by atoms with E-state index in [0.717, 1.165) is 31.1 Å². The maximum atomic E-state index is 9.87. The zero-order valence-corrected chi connectivity index (χ0v) is 11.4. The highest BCUT2D eigenvalue weighted by Crippen LogP contribution is 2.26. The lowest BCUT2D eigenvalue weighted by Gasteiger charge is -2.21. The van der Waals surface area contributed by atoms with Crippen LogP contribution in [0.1, 0.15) is 37.8 Å². The Balaban J connectivity index is 1.83. The number of rotatable bonds is 7. The van der Waals surface area contributed by atoms with E-state index in [-0.39, 0.29) is 6.04 Å². The maximum Gasteiger partial charge on any atom is 0.120 e. The summed E-state index contributed by atoms with van der Waals surface area (Å²) < 4.78 is 0. The van der Waals surface area contributed by atoms with Crippen molar-refractivity contribution >= 4 is 0 Å². The Bertz CT molecular complexity index is 377. The fourth-order valence-corrected chi connectivity index (χ4v) is 2.37. The quantitative estimate of drug-likeness (QED) is 0.778. The minimum absolute atomic E-state index is 0.249. The van der Waals surface area contributed by atoms with Crippen molar-refractivity contribution in [1.82, 2.24) is 10.2 Å². The van der Waals surface area contributed by atoms with E-state index in [9.17, 15) is 5.11 Å². The third kappa shape index (κ3) is 3.47. The number of phenolic OH excluding ortho intramolecular Hbond substituents is 1. The number of likely N-dealkylation sites (N-methyl/N-ethyl adjacent to an activating group) is 1. The van der Waals surface area contributed by atoms with Crippen LogP contribution in [0.15, 0.2) is 24.3 Å². The van der Waals surface area contributed by atoms with Crippen LogP contribution in [0.3, 0.4) is 0 Å². The normalized spacial score (nSPS) is 17.1. The molecule has 0 bridgehead atoms. The minimum Gasteiger partial charge on any atom is -0.508 e. The van der Waals surface area contributed by atoms with Gasteiger partial charge in [0.1, 0.15) is 5.75 Å². The van der Waals surface area contributed by atoms with Gasteiger partial charge in [-0.3, -0.25) is 0 Å². The number of hydrogen-bond acceptors (Lipinski definition) is 3. The van der Waals surface area contributed by atoms with Crippen LogP contribution in [0.5, 0.6) is 5.75 Å². The molecule has 3 nitrogen and oxygen atoms in total. The fourth-order valence-electron chi connectivity index (χ4n) is 2.37. The summed E-state index contributed by atoms with van der Waals surface area (Å²) in [6, 6.07) is 8.68. The van der Waals surface area contributed by atoms with E-state index < -0.39 is 0 Å². The van der Waals surface area contributed by atoms with Crippen LogP contribution >= 0.6 is 0 Å². The van der Waals surface area contributed by atoms with Crippen LogP contribution in [0, 0.1) is 0 Å². The zero-order valence-electron chi connectivity index (χ0n) is 11.4. The van der Waals surface area contributed by atoms with E-state index in [2.05, 4.69) is 24.2 Å². The molecule has 0 saturated heterocycles. The summed E-state index contributed by atoms with van der Waals surface area (Å²) in [5.74, 6) is 0.396. The summed E-state index contributed by atoms with van der Waals surface area (Å²) in [5, 5.41) is 13.4. The SMILES string of the molecule is CCC(NCCN(C)C1CC1)c1ccccc1O. The molecule has 1 atom stereocenters. The molecule has 1 aromatic carbocycles. The monoisotopic (exact) mass is 248 g/mol. The molecule has 0 aliphatic heterocycles. The van der Waals surface area contributed by atoms with E-state index >= 15 is 0 Å². The summed E-state index contributed by atoms with van der Waals surface area (Å²) in [6.45, 7) is 4.20. The van der Waals surface area contributed by atoms with Crippen molar-refractivity contribution in [1.29, 1.82) is 0 Å². The third-order valence-corrected chi connectivity index (χ3v) is 3.75. The van der Waals surface area contributed by atoms with Gasteiger partial charge >= 0.3 is 0 Å².